The molecular weight excluding hydrogens is 214 g/mol. The molecule has 0 aliphatic carbocycles. The highest BCUT2D eigenvalue weighted by atomic mass is 16.2. The number of carbonyl (C=O) groups excluding carboxylic acids is 1. The van der Waals surface area contributed by atoms with Crippen LogP contribution in [0.4, 0.5) is 0 Å². The number of carbonyl (C=O) groups is 1. The van der Waals surface area contributed by atoms with Gasteiger partial charge in [-0.2, -0.15) is 0 Å². The van der Waals surface area contributed by atoms with Crippen molar-refractivity contribution in [1.82, 2.24) is 15.1 Å². The Morgan fingerprint density at radius 3 is 3.00 bits per heavy atom. The van der Waals surface area contributed by atoms with E-state index in [0.29, 0.717) is 0 Å². The van der Waals surface area contributed by atoms with Crippen LogP contribution in [0.2, 0.25) is 0 Å². The highest BCUT2D eigenvalue weighted by Gasteiger charge is 2.48. The van der Waals surface area contributed by atoms with E-state index in [0.717, 1.165) is 26.1 Å². The molecule has 2 atom stereocenters. The third-order valence-corrected chi connectivity index (χ3v) is 4.75. The number of piperidine rings is 2. The van der Waals surface area contributed by atoms with Gasteiger partial charge >= 0.3 is 0 Å². The Balaban J connectivity index is 1.85. The number of hydrogen-bond donors (Lipinski definition) is 1. The van der Waals surface area contributed by atoms with Gasteiger partial charge in [0.2, 0.25) is 5.91 Å². The molecule has 0 aromatic rings. The van der Waals surface area contributed by atoms with Gasteiger partial charge in [-0.3, -0.25) is 9.69 Å². The average Bonchev–Trinajstić information content (AvgIpc) is 2.35. The molecule has 1 N–H and O–H groups in total. The minimum Gasteiger partial charge on any atom is -0.353 e. The lowest BCUT2D eigenvalue weighted by atomic mass is 9.81. The third kappa shape index (κ3) is 1.87. The monoisotopic (exact) mass is 237 g/mol. The number of fused-ring (bicyclic) bond motifs is 2. The van der Waals surface area contributed by atoms with Gasteiger partial charge in [0.05, 0.1) is 11.6 Å². The molecule has 3 aliphatic heterocycles. The summed E-state index contributed by atoms with van der Waals surface area (Å²) in [6, 6.07) is 0.156. The van der Waals surface area contributed by atoms with Crippen molar-refractivity contribution >= 4 is 5.91 Å². The van der Waals surface area contributed by atoms with Crippen LogP contribution < -0.4 is 5.32 Å². The fourth-order valence-corrected chi connectivity index (χ4v) is 3.96. The maximum Gasteiger partial charge on any atom is 0.237 e. The summed E-state index contributed by atoms with van der Waals surface area (Å²) < 4.78 is 0. The number of nitrogens with one attached hydrogen (secondary N) is 1. The molecule has 2 unspecified atom stereocenters. The molecule has 3 heterocycles. The van der Waals surface area contributed by atoms with Crippen molar-refractivity contribution in [3.05, 3.63) is 0 Å². The number of hydrogen-bond acceptors (Lipinski definition) is 3. The Kier molecular flexibility index (Phi) is 2.87. The van der Waals surface area contributed by atoms with Crippen molar-refractivity contribution in [3.63, 3.8) is 0 Å². The Hall–Kier alpha value is -0.610. The smallest absolute Gasteiger partial charge is 0.237 e. The van der Waals surface area contributed by atoms with E-state index >= 15 is 0 Å². The number of likely N-dealkylation sites (tertiary alicyclic amines) is 1. The predicted octanol–water partition coefficient (Wildman–Crippen LogP) is 0.435. The zero-order chi connectivity index (χ0) is 11.9. The van der Waals surface area contributed by atoms with Gasteiger partial charge in [-0.05, 0) is 45.8 Å². The number of amides is 1. The highest BCUT2D eigenvalue weighted by Crippen LogP contribution is 2.34. The van der Waals surface area contributed by atoms with E-state index in [4.69, 9.17) is 0 Å². The maximum absolute atomic E-state index is 12.0. The number of likely N-dealkylation sites (N-methyl/N-ethyl adjacent to an activating group) is 1. The van der Waals surface area contributed by atoms with Gasteiger partial charge in [0.15, 0.2) is 0 Å². The van der Waals surface area contributed by atoms with Crippen LogP contribution >= 0.6 is 0 Å². The summed E-state index contributed by atoms with van der Waals surface area (Å²) in [6.45, 7) is 4.29. The lowest BCUT2D eigenvalue weighted by Crippen LogP contribution is -2.72. The first-order valence-corrected chi connectivity index (χ1v) is 6.94. The molecule has 0 bridgehead atoms. The largest absolute Gasteiger partial charge is 0.353 e. The van der Waals surface area contributed by atoms with E-state index in [2.05, 4.69) is 22.2 Å². The second kappa shape index (κ2) is 4.25. The summed E-state index contributed by atoms with van der Waals surface area (Å²) in [5.74, 6) is 0.267. The second-order valence-electron chi connectivity index (χ2n) is 5.99. The summed E-state index contributed by atoms with van der Waals surface area (Å²) in [5.41, 5.74) is 0.228. The van der Waals surface area contributed by atoms with Crippen LogP contribution in [0.15, 0.2) is 0 Å². The van der Waals surface area contributed by atoms with E-state index in [1.165, 1.54) is 32.2 Å². The van der Waals surface area contributed by atoms with E-state index < -0.39 is 0 Å². The Bertz CT molecular complexity index is 320. The molecule has 1 amide bonds. The molecule has 3 rings (SSSR count). The summed E-state index contributed by atoms with van der Waals surface area (Å²) in [7, 11) is 2.20. The minimum atomic E-state index is 0.156. The first-order valence-electron chi connectivity index (χ1n) is 6.94. The van der Waals surface area contributed by atoms with Gasteiger partial charge in [0.1, 0.15) is 0 Å². The number of nitrogens with zero attached hydrogens (tertiary/aromatic N) is 2. The molecule has 0 saturated carbocycles. The molecule has 17 heavy (non-hydrogen) atoms. The van der Waals surface area contributed by atoms with Crippen LogP contribution in [0.5, 0.6) is 0 Å². The minimum absolute atomic E-state index is 0.156. The fourth-order valence-electron chi connectivity index (χ4n) is 3.96. The fraction of sp³-hybridized carbons (Fsp3) is 0.923. The summed E-state index contributed by atoms with van der Waals surface area (Å²) in [4.78, 5) is 16.9. The zero-order valence-electron chi connectivity index (χ0n) is 10.7. The molecule has 4 nitrogen and oxygen atoms in total. The van der Waals surface area contributed by atoms with Gasteiger partial charge in [-0.25, -0.2) is 0 Å². The second-order valence-corrected chi connectivity index (χ2v) is 5.99. The van der Waals surface area contributed by atoms with Crippen molar-refractivity contribution in [2.75, 3.05) is 33.2 Å². The summed E-state index contributed by atoms with van der Waals surface area (Å²) in [5, 5.41) is 3.16. The van der Waals surface area contributed by atoms with Gasteiger partial charge in [0.25, 0.3) is 0 Å². The SMILES string of the molecule is CN1CCCC2(CNC(=O)C3CCCCN32)C1. The van der Waals surface area contributed by atoms with Crippen molar-refractivity contribution in [2.45, 2.75) is 43.7 Å². The van der Waals surface area contributed by atoms with E-state index in [1.54, 1.807) is 0 Å². The first-order chi connectivity index (χ1) is 8.21. The first kappa shape index (κ1) is 11.5. The number of rotatable bonds is 0. The van der Waals surface area contributed by atoms with E-state index in [9.17, 15) is 4.79 Å². The van der Waals surface area contributed by atoms with Gasteiger partial charge in [-0.15, -0.1) is 0 Å². The van der Waals surface area contributed by atoms with Crippen LogP contribution in [0.3, 0.4) is 0 Å². The molecule has 3 saturated heterocycles. The molecule has 3 aliphatic rings. The molecule has 96 valence electrons. The topological polar surface area (TPSA) is 35.6 Å². The summed E-state index contributed by atoms with van der Waals surface area (Å²) in [6.07, 6.45) is 6.02. The Morgan fingerprint density at radius 1 is 1.29 bits per heavy atom. The van der Waals surface area contributed by atoms with Crippen LogP contribution in [0, 0.1) is 0 Å². The van der Waals surface area contributed by atoms with Crippen LogP contribution in [-0.4, -0.2) is 60.5 Å². The van der Waals surface area contributed by atoms with Crippen LogP contribution in [0.25, 0.3) is 0 Å². The van der Waals surface area contributed by atoms with Crippen molar-refractivity contribution in [2.24, 2.45) is 0 Å². The standard InChI is InChI=1S/C13H23N3O/c1-15-7-4-6-13(10-15)9-14-12(17)11-5-2-3-8-16(11)13/h11H,2-10H2,1H3,(H,14,17). The zero-order valence-corrected chi connectivity index (χ0v) is 10.7. The van der Waals surface area contributed by atoms with Crippen LogP contribution in [-0.2, 0) is 4.79 Å². The van der Waals surface area contributed by atoms with Crippen LogP contribution in [0.1, 0.15) is 32.1 Å². The summed E-state index contributed by atoms with van der Waals surface area (Å²) >= 11 is 0. The van der Waals surface area contributed by atoms with Gasteiger partial charge in [-0.1, -0.05) is 6.42 Å². The maximum atomic E-state index is 12.0. The molecule has 3 fully saturated rings. The highest BCUT2D eigenvalue weighted by molar-refractivity contribution is 5.83. The lowest BCUT2D eigenvalue weighted by Gasteiger charge is -2.55. The normalized spacial score (nSPS) is 40.1. The van der Waals surface area contributed by atoms with E-state index in [1.807, 2.05) is 0 Å². The number of piperazine rings is 1. The van der Waals surface area contributed by atoms with E-state index in [-0.39, 0.29) is 17.5 Å². The Labute approximate surface area is 103 Å². The third-order valence-electron chi connectivity index (χ3n) is 4.75. The molecule has 0 aromatic heterocycles. The van der Waals surface area contributed by atoms with Crippen molar-refractivity contribution in [1.29, 1.82) is 0 Å². The quantitative estimate of drug-likeness (QED) is 0.664. The van der Waals surface area contributed by atoms with Gasteiger partial charge in [0, 0.05) is 13.1 Å². The predicted molar refractivity (Wildman–Crippen MR) is 66.8 cm³/mol. The lowest BCUT2D eigenvalue weighted by molar-refractivity contribution is -0.141. The molecule has 4 heteroatoms. The Morgan fingerprint density at radius 2 is 2.18 bits per heavy atom. The molecule has 0 radical (unpaired) electrons. The molecule has 1 spiro atoms. The van der Waals surface area contributed by atoms with Crippen molar-refractivity contribution in [3.8, 4) is 0 Å². The van der Waals surface area contributed by atoms with Crippen molar-refractivity contribution < 1.29 is 4.79 Å². The molecule has 0 aromatic carbocycles. The molecular formula is C13H23N3O. The van der Waals surface area contributed by atoms with Gasteiger partial charge < -0.3 is 10.2 Å². The average molecular weight is 237 g/mol.